The van der Waals surface area contributed by atoms with Gasteiger partial charge in [-0.2, -0.15) is 0 Å². The van der Waals surface area contributed by atoms with Crippen molar-refractivity contribution >= 4 is 15.8 Å². The molecule has 27 heavy (non-hydrogen) atoms. The lowest BCUT2D eigenvalue weighted by atomic mass is 9.82. The van der Waals surface area contributed by atoms with Gasteiger partial charge in [-0.15, -0.1) is 0 Å². The van der Waals surface area contributed by atoms with Crippen LogP contribution in [0.2, 0.25) is 0 Å². The summed E-state index contributed by atoms with van der Waals surface area (Å²) in [5.41, 5.74) is -0.236. The van der Waals surface area contributed by atoms with Crippen LogP contribution in [0.15, 0.2) is 12.1 Å². The maximum atomic E-state index is 12.8. The first kappa shape index (κ1) is 19.9. The van der Waals surface area contributed by atoms with E-state index in [0.29, 0.717) is 55.2 Å². The van der Waals surface area contributed by atoms with E-state index in [4.69, 9.17) is 14.2 Å². The number of rotatable bonds is 6. The molecule has 2 aliphatic heterocycles. The molecule has 1 aromatic carbocycles. The third-order valence-electron chi connectivity index (χ3n) is 5.37. The van der Waals surface area contributed by atoms with Crippen molar-refractivity contribution in [3.63, 3.8) is 0 Å². The van der Waals surface area contributed by atoms with Crippen LogP contribution in [-0.4, -0.2) is 57.2 Å². The SMILES string of the molecule is CCCCS(=O)(=O)N1CCC2(CC1)CC(=O)c1c(OC)cc(OC)cc1O2. The number of unbranched alkanes of at least 4 members (excludes halogenated alkanes) is 1. The molecule has 0 unspecified atom stereocenters. The molecule has 2 heterocycles. The summed E-state index contributed by atoms with van der Waals surface area (Å²) in [6, 6.07) is 3.36. The number of ketones is 1. The highest BCUT2D eigenvalue weighted by Crippen LogP contribution is 2.44. The molecule has 1 saturated heterocycles. The van der Waals surface area contributed by atoms with E-state index in [1.54, 1.807) is 19.2 Å². The summed E-state index contributed by atoms with van der Waals surface area (Å²) in [5.74, 6) is 1.56. The van der Waals surface area contributed by atoms with Crippen LogP contribution in [0.25, 0.3) is 0 Å². The van der Waals surface area contributed by atoms with Crippen LogP contribution in [0.3, 0.4) is 0 Å². The standard InChI is InChI=1S/C19H27NO6S/c1-4-5-10-27(22,23)20-8-6-19(7-9-20)13-15(21)18-16(25-3)11-14(24-2)12-17(18)26-19/h11-12H,4-10,13H2,1-3H3. The summed E-state index contributed by atoms with van der Waals surface area (Å²) >= 11 is 0. The maximum Gasteiger partial charge on any atom is 0.214 e. The van der Waals surface area contributed by atoms with Crippen molar-refractivity contribution in [2.45, 2.75) is 44.6 Å². The van der Waals surface area contributed by atoms with E-state index in [2.05, 4.69) is 0 Å². The van der Waals surface area contributed by atoms with Crippen molar-refractivity contribution in [3.8, 4) is 17.2 Å². The number of hydrogen-bond donors (Lipinski definition) is 0. The zero-order valence-electron chi connectivity index (χ0n) is 16.1. The molecule has 3 rings (SSSR count). The largest absolute Gasteiger partial charge is 0.496 e. The minimum absolute atomic E-state index is 0.0435. The molecule has 0 amide bonds. The van der Waals surface area contributed by atoms with Crippen molar-refractivity contribution in [1.82, 2.24) is 4.31 Å². The van der Waals surface area contributed by atoms with E-state index in [-0.39, 0.29) is 18.0 Å². The van der Waals surface area contributed by atoms with Crippen molar-refractivity contribution in [1.29, 1.82) is 0 Å². The lowest BCUT2D eigenvalue weighted by Gasteiger charge is -2.43. The first-order valence-electron chi connectivity index (χ1n) is 9.30. The van der Waals surface area contributed by atoms with Gasteiger partial charge in [0, 0.05) is 38.1 Å². The van der Waals surface area contributed by atoms with Gasteiger partial charge in [-0.1, -0.05) is 13.3 Å². The van der Waals surface area contributed by atoms with E-state index >= 15 is 0 Å². The molecule has 0 saturated carbocycles. The fourth-order valence-electron chi connectivity index (χ4n) is 3.76. The number of ether oxygens (including phenoxy) is 3. The number of carbonyl (C=O) groups excluding carboxylic acids is 1. The highest BCUT2D eigenvalue weighted by Gasteiger charge is 2.45. The Hall–Kier alpha value is -1.80. The van der Waals surface area contributed by atoms with Crippen molar-refractivity contribution in [2.24, 2.45) is 0 Å². The number of fused-ring (bicyclic) bond motifs is 1. The summed E-state index contributed by atoms with van der Waals surface area (Å²) in [6.45, 7) is 2.72. The fourth-order valence-corrected chi connectivity index (χ4v) is 5.41. The number of nitrogens with zero attached hydrogens (tertiary/aromatic N) is 1. The quantitative estimate of drug-likeness (QED) is 0.734. The number of benzene rings is 1. The average molecular weight is 397 g/mol. The molecule has 1 spiro atoms. The molecular weight excluding hydrogens is 370 g/mol. The van der Waals surface area contributed by atoms with Crippen LogP contribution in [-0.2, 0) is 10.0 Å². The number of carbonyl (C=O) groups is 1. The Balaban J connectivity index is 1.80. The van der Waals surface area contributed by atoms with Gasteiger partial charge in [-0.3, -0.25) is 4.79 Å². The topological polar surface area (TPSA) is 82.1 Å². The molecule has 0 radical (unpaired) electrons. The Bertz CT molecular complexity index is 812. The van der Waals surface area contributed by atoms with Crippen LogP contribution >= 0.6 is 0 Å². The Kier molecular flexibility index (Phi) is 5.67. The molecule has 150 valence electrons. The van der Waals surface area contributed by atoms with Gasteiger partial charge in [0.2, 0.25) is 10.0 Å². The first-order valence-corrected chi connectivity index (χ1v) is 10.9. The number of sulfonamides is 1. The van der Waals surface area contributed by atoms with Gasteiger partial charge in [0.15, 0.2) is 5.78 Å². The molecule has 7 nitrogen and oxygen atoms in total. The Morgan fingerprint density at radius 3 is 2.48 bits per heavy atom. The summed E-state index contributed by atoms with van der Waals surface area (Å²) in [7, 11) is -0.194. The highest BCUT2D eigenvalue weighted by atomic mass is 32.2. The molecule has 1 fully saturated rings. The highest BCUT2D eigenvalue weighted by molar-refractivity contribution is 7.89. The molecule has 0 N–H and O–H groups in total. The zero-order valence-corrected chi connectivity index (χ0v) is 16.9. The molecule has 0 aromatic heterocycles. The third kappa shape index (κ3) is 3.91. The molecular formula is C19H27NO6S. The van der Waals surface area contributed by atoms with Gasteiger partial charge in [0.05, 0.1) is 26.4 Å². The van der Waals surface area contributed by atoms with Gasteiger partial charge in [-0.25, -0.2) is 12.7 Å². The van der Waals surface area contributed by atoms with Crippen molar-refractivity contribution in [2.75, 3.05) is 33.1 Å². The third-order valence-corrected chi connectivity index (χ3v) is 7.32. The van der Waals surface area contributed by atoms with Gasteiger partial charge < -0.3 is 14.2 Å². The number of methoxy groups -OCH3 is 2. The van der Waals surface area contributed by atoms with Crippen LogP contribution in [0.4, 0.5) is 0 Å². The predicted octanol–water partition coefficient (Wildman–Crippen LogP) is 2.63. The van der Waals surface area contributed by atoms with Crippen LogP contribution in [0.1, 0.15) is 49.4 Å². The second-order valence-electron chi connectivity index (χ2n) is 7.16. The molecule has 8 heteroatoms. The van der Waals surface area contributed by atoms with Gasteiger partial charge in [-0.05, 0) is 6.42 Å². The average Bonchev–Trinajstić information content (AvgIpc) is 2.65. The molecule has 2 aliphatic rings. The minimum atomic E-state index is -3.24. The summed E-state index contributed by atoms with van der Waals surface area (Å²) in [6.07, 6.45) is 2.71. The lowest BCUT2D eigenvalue weighted by molar-refractivity contribution is 0.00539. The molecule has 0 aliphatic carbocycles. The maximum absolute atomic E-state index is 12.8. The summed E-state index contributed by atoms with van der Waals surface area (Å²) in [4.78, 5) is 12.8. The summed E-state index contributed by atoms with van der Waals surface area (Å²) < 4.78 is 43.3. The minimum Gasteiger partial charge on any atom is -0.496 e. The van der Waals surface area contributed by atoms with E-state index in [1.165, 1.54) is 11.4 Å². The Labute approximate surface area is 160 Å². The number of hydrogen-bond acceptors (Lipinski definition) is 6. The van der Waals surface area contributed by atoms with E-state index in [9.17, 15) is 13.2 Å². The van der Waals surface area contributed by atoms with Crippen LogP contribution in [0.5, 0.6) is 17.2 Å². The summed E-state index contributed by atoms with van der Waals surface area (Å²) in [5, 5.41) is 0. The second-order valence-corrected chi connectivity index (χ2v) is 9.24. The van der Waals surface area contributed by atoms with E-state index < -0.39 is 15.6 Å². The van der Waals surface area contributed by atoms with E-state index in [0.717, 1.165) is 6.42 Å². The van der Waals surface area contributed by atoms with Gasteiger partial charge in [0.1, 0.15) is 28.4 Å². The van der Waals surface area contributed by atoms with Crippen molar-refractivity contribution in [3.05, 3.63) is 17.7 Å². The van der Waals surface area contributed by atoms with Crippen molar-refractivity contribution < 1.29 is 27.4 Å². The smallest absolute Gasteiger partial charge is 0.214 e. The van der Waals surface area contributed by atoms with Crippen LogP contribution in [0, 0.1) is 0 Å². The predicted molar refractivity (Wildman–Crippen MR) is 101 cm³/mol. The lowest BCUT2D eigenvalue weighted by Crippen LogP contribution is -2.52. The Morgan fingerprint density at radius 1 is 1.19 bits per heavy atom. The molecule has 0 bridgehead atoms. The first-order chi connectivity index (χ1) is 12.8. The number of Topliss-reactive ketones (excluding diaryl/α,β-unsaturated/α-hetero) is 1. The van der Waals surface area contributed by atoms with Crippen LogP contribution < -0.4 is 14.2 Å². The zero-order chi connectivity index (χ0) is 19.7. The van der Waals surface area contributed by atoms with E-state index in [1.807, 2.05) is 6.92 Å². The molecule has 0 atom stereocenters. The monoisotopic (exact) mass is 397 g/mol. The second kappa shape index (κ2) is 7.67. The number of piperidine rings is 1. The van der Waals surface area contributed by atoms with Gasteiger partial charge in [0.25, 0.3) is 0 Å². The molecule has 1 aromatic rings. The normalized spacial score (nSPS) is 19.4. The Morgan fingerprint density at radius 2 is 1.89 bits per heavy atom. The van der Waals surface area contributed by atoms with Gasteiger partial charge >= 0.3 is 0 Å². The fraction of sp³-hybridized carbons (Fsp3) is 0.632.